The minimum absolute atomic E-state index is 0.0136. The number of benzene rings is 1. The average Bonchev–Trinajstić information content (AvgIpc) is 2.31. The van der Waals surface area contributed by atoms with Gasteiger partial charge in [-0.2, -0.15) is 11.8 Å². The Kier molecular flexibility index (Phi) is 3.76. The first-order valence-electron chi connectivity index (χ1n) is 6.29. The summed E-state index contributed by atoms with van der Waals surface area (Å²) in [7, 11) is 0. The van der Waals surface area contributed by atoms with Crippen LogP contribution in [0.15, 0.2) is 12.1 Å². The average molecular weight is 282 g/mol. The molecular weight excluding hydrogens is 263 g/mol. The van der Waals surface area contributed by atoms with Crippen molar-refractivity contribution < 1.29 is 9.18 Å². The molecule has 0 spiro atoms. The number of aryl methyl sites for hydroxylation is 1. The molecule has 1 aliphatic heterocycles. The maximum atomic E-state index is 14.1. The zero-order valence-corrected chi connectivity index (χ0v) is 12.3. The van der Waals surface area contributed by atoms with E-state index in [0.717, 1.165) is 5.75 Å². The van der Waals surface area contributed by atoms with Gasteiger partial charge in [0.05, 0.1) is 5.56 Å². The predicted octanol–water partition coefficient (Wildman–Crippen LogP) is 2.68. The van der Waals surface area contributed by atoms with Gasteiger partial charge in [0, 0.05) is 29.3 Å². The van der Waals surface area contributed by atoms with Crippen LogP contribution in [0, 0.1) is 12.7 Å². The Morgan fingerprint density at radius 1 is 1.47 bits per heavy atom. The zero-order valence-electron chi connectivity index (χ0n) is 11.5. The molecule has 3 nitrogen and oxygen atoms in total. The van der Waals surface area contributed by atoms with Crippen molar-refractivity contribution in [1.29, 1.82) is 0 Å². The monoisotopic (exact) mass is 282 g/mol. The lowest BCUT2D eigenvalue weighted by Crippen LogP contribution is -2.46. The van der Waals surface area contributed by atoms with Crippen molar-refractivity contribution in [2.75, 3.05) is 24.6 Å². The Labute approximate surface area is 117 Å². The lowest BCUT2D eigenvalue weighted by Gasteiger charge is -2.37. The highest BCUT2D eigenvalue weighted by atomic mass is 32.2. The number of nitrogens with zero attached hydrogens (tertiary/aromatic N) is 1. The number of amides is 1. The fraction of sp³-hybridized carbons (Fsp3) is 0.500. The van der Waals surface area contributed by atoms with E-state index in [-0.39, 0.29) is 16.2 Å². The van der Waals surface area contributed by atoms with Crippen molar-refractivity contribution in [3.63, 3.8) is 0 Å². The Bertz CT molecular complexity index is 516. The van der Waals surface area contributed by atoms with Gasteiger partial charge in [0.25, 0.3) is 5.91 Å². The summed E-state index contributed by atoms with van der Waals surface area (Å²) in [4.78, 5) is 14.1. The second kappa shape index (κ2) is 5.04. The van der Waals surface area contributed by atoms with E-state index in [0.29, 0.717) is 24.3 Å². The third-order valence-electron chi connectivity index (χ3n) is 3.22. The van der Waals surface area contributed by atoms with Gasteiger partial charge in [-0.15, -0.1) is 0 Å². The minimum Gasteiger partial charge on any atom is -0.399 e. The van der Waals surface area contributed by atoms with Crippen molar-refractivity contribution in [3.05, 3.63) is 29.1 Å². The van der Waals surface area contributed by atoms with Gasteiger partial charge < -0.3 is 10.6 Å². The molecule has 1 aromatic rings. The standard InChI is InChI=1S/C14H19FN2OS/c1-9-6-10(16)7-11(12(9)15)13(18)17-4-5-19-14(2,3)8-17/h6-7H,4-5,8,16H2,1-3H3. The van der Waals surface area contributed by atoms with E-state index in [2.05, 4.69) is 13.8 Å². The van der Waals surface area contributed by atoms with Gasteiger partial charge in [0.15, 0.2) is 0 Å². The van der Waals surface area contributed by atoms with Crippen LogP contribution >= 0.6 is 11.8 Å². The number of carbonyl (C=O) groups is 1. The first kappa shape index (κ1) is 14.2. The van der Waals surface area contributed by atoms with Gasteiger partial charge in [-0.1, -0.05) is 0 Å². The molecule has 1 saturated heterocycles. The van der Waals surface area contributed by atoms with E-state index in [9.17, 15) is 9.18 Å². The van der Waals surface area contributed by atoms with Crippen LogP contribution in [-0.2, 0) is 0 Å². The smallest absolute Gasteiger partial charge is 0.256 e. The molecule has 1 amide bonds. The van der Waals surface area contributed by atoms with Crippen LogP contribution in [-0.4, -0.2) is 34.4 Å². The van der Waals surface area contributed by atoms with Crippen LogP contribution in [0.5, 0.6) is 0 Å². The molecule has 19 heavy (non-hydrogen) atoms. The number of nitrogens with two attached hydrogens (primary N) is 1. The highest BCUT2D eigenvalue weighted by Crippen LogP contribution is 2.30. The van der Waals surface area contributed by atoms with E-state index in [1.807, 2.05) is 11.8 Å². The van der Waals surface area contributed by atoms with Crippen molar-refractivity contribution in [2.24, 2.45) is 0 Å². The summed E-state index contributed by atoms with van der Waals surface area (Å²) in [6.07, 6.45) is 0. The predicted molar refractivity (Wildman–Crippen MR) is 78.0 cm³/mol. The summed E-state index contributed by atoms with van der Waals surface area (Å²) in [5.41, 5.74) is 6.63. The topological polar surface area (TPSA) is 46.3 Å². The molecule has 1 heterocycles. The maximum Gasteiger partial charge on any atom is 0.256 e. The Morgan fingerprint density at radius 3 is 2.79 bits per heavy atom. The molecule has 1 fully saturated rings. The Morgan fingerprint density at radius 2 is 2.16 bits per heavy atom. The fourth-order valence-electron chi connectivity index (χ4n) is 2.31. The summed E-state index contributed by atoms with van der Waals surface area (Å²) in [5.74, 6) is 0.151. The molecule has 1 aliphatic rings. The van der Waals surface area contributed by atoms with Gasteiger partial charge in [-0.25, -0.2) is 4.39 Å². The molecule has 0 aromatic heterocycles. The second-order valence-corrected chi connectivity index (χ2v) is 7.34. The van der Waals surface area contributed by atoms with Crippen molar-refractivity contribution in [3.8, 4) is 0 Å². The number of rotatable bonds is 1. The van der Waals surface area contributed by atoms with Crippen LogP contribution in [0.25, 0.3) is 0 Å². The number of hydrogen-bond donors (Lipinski definition) is 1. The van der Waals surface area contributed by atoms with Crippen molar-refractivity contribution in [2.45, 2.75) is 25.5 Å². The van der Waals surface area contributed by atoms with Gasteiger partial charge >= 0.3 is 0 Å². The van der Waals surface area contributed by atoms with E-state index in [4.69, 9.17) is 5.73 Å². The van der Waals surface area contributed by atoms with Gasteiger partial charge in [-0.05, 0) is 38.5 Å². The third kappa shape index (κ3) is 3.03. The number of thioether (sulfide) groups is 1. The van der Waals surface area contributed by atoms with Gasteiger partial charge in [0.1, 0.15) is 5.82 Å². The van der Waals surface area contributed by atoms with Crippen molar-refractivity contribution >= 4 is 23.4 Å². The maximum absolute atomic E-state index is 14.1. The summed E-state index contributed by atoms with van der Waals surface area (Å²) < 4.78 is 14.1. The molecular formula is C14H19FN2OS. The lowest BCUT2D eigenvalue weighted by molar-refractivity contribution is 0.0743. The minimum atomic E-state index is -0.463. The van der Waals surface area contributed by atoms with Gasteiger partial charge in [0.2, 0.25) is 0 Å². The van der Waals surface area contributed by atoms with Crippen LogP contribution in [0.4, 0.5) is 10.1 Å². The highest BCUT2D eigenvalue weighted by Gasteiger charge is 2.31. The fourth-order valence-corrected chi connectivity index (χ4v) is 3.42. The molecule has 104 valence electrons. The van der Waals surface area contributed by atoms with E-state index < -0.39 is 5.82 Å². The molecule has 1 aromatic carbocycles. The molecule has 2 rings (SSSR count). The molecule has 0 saturated carbocycles. The van der Waals surface area contributed by atoms with Crippen LogP contribution in [0.2, 0.25) is 0 Å². The summed E-state index contributed by atoms with van der Waals surface area (Å²) >= 11 is 1.83. The quantitative estimate of drug-likeness (QED) is 0.806. The molecule has 0 aliphatic carbocycles. The van der Waals surface area contributed by atoms with E-state index in [1.165, 1.54) is 6.07 Å². The number of halogens is 1. The first-order valence-corrected chi connectivity index (χ1v) is 7.27. The van der Waals surface area contributed by atoms with E-state index >= 15 is 0 Å². The Balaban J connectivity index is 2.29. The first-order chi connectivity index (χ1) is 8.80. The number of hydrogen-bond acceptors (Lipinski definition) is 3. The van der Waals surface area contributed by atoms with Crippen LogP contribution < -0.4 is 5.73 Å². The summed E-state index contributed by atoms with van der Waals surface area (Å²) in [6.45, 7) is 7.10. The molecule has 5 heteroatoms. The second-order valence-electron chi connectivity index (χ2n) is 5.53. The lowest BCUT2D eigenvalue weighted by atomic mass is 10.1. The largest absolute Gasteiger partial charge is 0.399 e. The molecule has 0 atom stereocenters. The van der Waals surface area contributed by atoms with Gasteiger partial charge in [-0.3, -0.25) is 4.79 Å². The van der Waals surface area contributed by atoms with Crippen LogP contribution in [0.3, 0.4) is 0 Å². The summed E-state index contributed by atoms with van der Waals surface area (Å²) in [6, 6.07) is 2.97. The van der Waals surface area contributed by atoms with Crippen LogP contribution in [0.1, 0.15) is 29.8 Å². The molecule has 2 N–H and O–H groups in total. The Hall–Kier alpha value is -1.23. The zero-order chi connectivity index (χ0) is 14.2. The SMILES string of the molecule is Cc1cc(N)cc(C(=O)N2CCSC(C)(C)C2)c1F. The summed E-state index contributed by atoms with van der Waals surface area (Å²) in [5, 5.41) is 0. The number of carbonyl (C=O) groups excluding carboxylic acids is 1. The number of nitrogen functional groups attached to an aromatic ring is 1. The molecule has 0 radical (unpaired) electrons. The molecule has 0 unspecified atom stereocenters. The third-order valence-corrected chi connectivity index (χ3v) is 4.52. The van der Waals surface area contributed by atoms with E-state index in [1.54, 1.807) is 17.9 Å². The molecule has 0 bridgehead atoms. The highest BCUT2D eigenvalue weighted by molar-refractivity contribution is 8.00. The normalized spacial score (nSPS) is 18.4. The van der Waals surface area contributed by atoms with Crippen molar-refractivity contribution in [1.82, 2.24) is 4.90 Å². The number of anilines is 1.